The monoisotopic (exact) mass is 471 g/mol. The zero-order valence-corrected chi connectivity index (χ0v) is 21.5. The molecule has 1 aromatic carbocycles. The van der Waals surface area contributed by atoms with Crippen molar-refractivity contribution in [2.24, 2.45) is 5.41 Å². The van der Waals surface area contributed by atoms with Gasteiger partial charge in [-0.2, -0.15) is 0 Å². The number of rotatable bonds is 4. The van der Waals surface area contributed by atoms with E-state index in [1.807, 2.05) is 6.07 Å². The second kappa shape index (κ2) is 9.96. The maximum atomic E-state index is 14.4. The Kier molecular flexibility index (Phi) is 7.37. The van der Waals surface area contributed by atoms with E-state index in [0.717, 1.165) is 69.3 Å². The largest absolute Gasteiger partial charge is 0.347 e. The fraction of sp³-hybridized carbons (Fsp3) is 0.714. The van der Waals surface area contributed by atoms with Crippen molar-refractivity contribution in [1.29, 1.82) is 0 Å². The second-order valence-corrected chi connectivity index (χ2v) is 12.0. The van der Waals surface area contributed by atoms with Gasteiger partial charge in [0.25, 0.3) is 0 Å². The standard InChI is InChI=1S/C28H42FN3O2/c1-20(33)32-15-6-5-7-25(32)26(34)30-24-10-11-28(23-19-21(29)8-9-22(23)24)13-17-31(18-14-28)16-12-27(2,3)4/h8-9,19,24-25H,5-7,10-18H2,1-4H3,(H,30,34)/t24-,25+/m1/s1. The SMILES string of the molecule is CC(=O)N1CCCC[C@H]1C(=O)N[C@@H]1CCC2(CCN(CCC(C)(C)C)CC2)c2cc(F)ccc21. The summed E-state index contributed by atoms with van der Waals surface area (Å²) >= 11 is 0. The normalized spacial score (nSPS) is 25.1. The van der Waals surface area contributed by atoms with E-state index in [0.29, 0.717) is 18.4 Å². The highest BCUT2D eigenvalue weighted by Gasteiger charge is 2.43. The number of hydrogen-bond donors (Lipinski definition) is 1. The van der Waals surface area contributed by atoms with Crippen LogP contribution in [0.1, 0.15) is 96.2 Å². The molecule has 0 saturated carbocycles. The minimum atomic E-state index is -0.392. The van der Waals surface area contributed by atoms with Gasteiger partial charge in [0, 0.05) is 13.5 Å². The van der Waals surface area contributed by atoms with Gasteiger partial charge in [0.1, 0.15) is 11.9 Å². The Bertz CT molecular complexity index is 901. The minimum absolute atomic E-state index is 0.00679. The molecule has 4 rings (SSSR count). The molecule has 1 N–H and O–H groups in total. The molecule has 5 nitrogen and oxygen atoms in total. The predicted molar refractivity (Wildman–Crippen MR) is 133 cm³/mol. The first-order valence-electron chi connectivity index (χ1n) is 13.2. The third kappa shape index (κ3) is 5.48. The fourth-order valence-corrected chi connectivity index (χ4v) is 6.22. The summed E-state index contributed by atoms with van der Waals surface area (Å²) in [5.41, 5.74) is 2.48. The van der Waals surface area contributed by atoms with E-state index < -0.39 is 6.04 Å². The number of amides is 2. The van der Waals surface area contributed by atoms with Crippen molar-refractivity contribution in [3.05, 3.63) is 35.1 Å². The lowest BCUT2D eigenvalue weighted by Crippen LogP contribution is -2.53. The average molecular weight is 472 g/mol. The zero-order valence-electron chi connectivity index (χ0n) is 21.5. The molecule has 0 aromatic heterocycles. The van der Waals surface area contributed by atoms with Crippen molar-refractivity contribution in [2.75, 3.05) is 26.2 Å². The molecule has 0 unspecified atom stereocenters. The molecule has 34 heavy (non-hydrogen) atoms. The van der Waals surface area contributed by atoms with E-state index in [1.54, 1.807) is 17.9 Å². The van der Waals surface area contributed by atoms with Crippen LogP contribution < -0.4 is 5.32 Å². The lowest BCUT2D eigenvalue weighted by molar-refractivity contribution is -0.141. The Hall–Kier alpha value is -1.95. The average Bonchev–Trinajstić information content (AvgIpc) is 2.80. The van der Waals surface area contributed by atoms with E-state index >= 15 is 0 Å². The lowest BCUT2D eigenvalue weighted by Gasteiger charge is -2.48. The first-order valence-corrected chi connectivity index (χ1v) is 13.2. The number of carbonyl (C=O) groups is 2. The molecule has 2 aliphatic heterocycles. The molecule has 6 heteroatoms. The molecule has 0 radical (unpaired) electrons. The Morgan fingerprint density at radius 1 is 1.09 bits per heavy atom. The molecular weight excluding hydrogens is 429 g/mol. The van der Waals surface area contributed by atoms with Gasteiger partial charge in [0.15, 0.2) is 0 Å². The number of carbonyl (C=O) groups excluding carboxylic acids is 2. The Morgan fingerprint density at radius 3 is 2.50 bits per heavy atom. The van der Waals surface area contributed by atoms with Crippen LogP contribution >= 0.6 is 0 Å². The van der Waals surface area contributed by atoms with Gasteiger partial charge in [-0.05, 0) is 105 Å². The van der Waals surface area contributed by atoms with Crippen molar-refractivity contribution < 1.29 is 14.0 Å². The van der Waals surface area contributed by atoms with Crippen LogP contribution in [-0.4, -0.2) is 53.8 Å². The molecule has 0 bridgehead atoms. The van der Waals surface area contributed by atoms with Crippen molar-refractivity contribution in [1.82, 2.24) is 15.1 Å². The number of fused-ring (bicyclic) bond motifs is 2. The summed E-state index contributed by atoms with van der Waals surface area (Å²) in [5, 5.41) is 3.25. The third-order valence-corrected chi connectivity index (χ3v) is 8.39. The number of halogens is 1. The summed E-state index contributed by atoms with van der Waals surface area (Å²) in [4.78, 5) is 29.6. The van der Waals surface area contributed by atoms with Gasteiger partial charge < -0.3 is 15.1 Å². The summed E-state index contributed by atoms with van der Waals surface area (Å²) in [6.07, 6.45) is 7.69. The van der Waals surface area contributed by atoms with Crippen molar-refractivity contribution >= 4 is 11.8 Å². The topological polar surface area (TPSA) is 52.7 Å². The van der Waals surface area contributed by atoms with Crippen LogP contribution in [0.15, 0.2) is 18.2 Å². The van der Waals surface area contributed by atoms with Gasteiger partial charge >= 0.3 is 0 Å². The van der Waals surface area contributed by atoms with E-state index in [4.69, 9.17) is 0 Å². The quantitative estimate of drug-likeness (QED) is 0.676. The molecule has 1 aliphatic carbocycles. The Morgan fingerprint density at radius 2 is 1.82 bits per heavy atom. The van der Waals surface area contributed by atoms with E-state index in [2.05, 4.69) is 31.0 Å². The number of nitrogens with zero attached hydrogens (tertiary/aromatic N) is 2. The smallest absolute Gasteiger partial charge is 0.243 e. The van der Waals surface area contributed by atoms with Crippen LogP contribution in [0.3, 0.4) is 0 Å². The number of likely N-dealkylation sites (tertiary alicyclic amines) is 2. The summed E-state index contributed by atoms with van der Waals surface area (Å²) in [6, 6.07) is 4.62. The molecule has 2 fully saturated rings. The van der Waals surface area contributed by atoms with Crippen molar-refractivity contribution in [3.63, 3.8) is 0 Å². The van der Waals surface area contributed by atoms with Crippen LogP contribution in [0, 0.1) is 11.2 Å². The molecule has 2 heterocycles. The molecular formula is C28H42FN3O2. The molecule has 2 atom stereocenters. The van der Waals surface area contributed by atoms with Crippen LogP contribution in [0.4, 0.5) is 4.39 Å². The molecule has 1 spiro atoms. The van der Waals surface area contributed by atoms with Gasteiger partial charge in [-0.15, -0.1) is 0 Å². The highest BCUT2D eigenvalue weighted by molar-refractivity contribution is 5.87. The van der Waals surface area contributed by atoms with Crippen LogP contribution in [0.25, 0.3) is 0 Å². The highest BCUT2D eigenvalue weighted by Crippen LogP contribution is 2.48. The molecule has 188 valence electrons. The summed E-state index contributed by atoms with van der Waals surface area (Å²) < 4.78 is 14.4. The van der Waals surface area contributed by atoms with E-state index in [-0.39, 0.29) is 29.1 Å². The summed E-state index contributed by atoms with van der Waals surface area (Å²) in [7, 11) is 0. The lowest BCUT2D eigenvalue weighted by atomic mass is 9.63. The molecule has 2 amide bonds. The van der Waals surface area contributed by atoms with Gasteiger partial charge in [-0.25, -0.2) is 4.39 Å². The van der Waals surface area contributed by atoms with E-state index in [9.17, 15) is 14.0 Å². The molecule has 2 saturated heterocycles. The number of hydrogen-bond acceptors (Lipinski definition) is 3. The van der Waals surface area contributed by atoms with Gasteiger partial charge in [-0.3, -0.25) is 9.59 Å². The second-order valence-electron chi connectivity index (χ2n) is 12.0. The van der Waals surface area contributed by atoms with Crippen molar-refractivity contribution in [3.8, 4) is 0 Å². The van der Waals surface area contributed by atoms with Crippen LogP contribution in [-0.2, 0) is 15.0 Å². The number of benzene rings is 1. The molecule has 1 aromatic rings. The maximum absolute atomic E-state index is 14.4. The first kappa shape index (κ1) is 25.2. The Labute approximate surface area is 204 Å². The van der Waals surface area contributed by atoms with Gasteiger partial charge in [0.2, 0.25) is 11.8 Å². The first-order chi connectivity index (χ1) is 16.1. The summed E-state index contributed by atoms with van der Waals surface area (Å²) in [5.74, 6) is -0.304. The predicted octanol–water partition coefficient (Wildman–Crippen LogP) is 4.95. The Balaban J connectivity index is 1.49. The third-order valence-electron chi connectivity index (χ3n) is 8.39. The zero-order chi connectivity index (χ0) is 24.5. The van der Waals surface area contributed by atoms with E-state index in [1.165, 1.54) is 12.5 Å². The van der Waals surface area contributed by atoms with Gasteiger partial charge in [0.05, 0.1) is 6.04 Å². The van der Waals surface area contributed by atoms with Gasteiger partial charge in [-0.1, -0.05) is 26.8 Å². The fourth-order valence-electron chi connectivity index (χ4n) is 6.22. The van der Waals surface area contributed by atoms with Crippen LogP contribution in [0.5, 0.6) is 0 Å². The van der Waals surface area contributed by atoms with Crippen molar-refractivity contribution in [2.45, 2.75) is 96.6 Å². The number of nitrogens with one attached hydrogen (secondary N) is 1. The molecule has 3 aliphatic rings. The maximum Gasteiger partial charge on any atom is 0.243 e. The summed E-state index contributed by atoms with van der Waals surface area (Å²) in [6.45, 7) is 12.2. The highest BCUT2D eigenvalue weighted by atomic mass is 19.1. The van der Waals surface area contributed by atoms with Crippen LogP contribution in [0.2, 0.25) is 0 Å². The number of piperidine rings is 2. The minimum Gasteiger partial charge on any atom is -0.347 e.